The van der Waals surface area contributed by atoms with Crippen LogP contribution in [0, 0.1) is 12.8 Å². The van der Waals surface area contributed by atoms with Gasteiger partial charge < -0.3 is 9.47 Å². The highest BCUT2D eigenvalue weighted by molar-refractivity contribution is 6.02. The molecule has 2 bridgehead atoms. The smallest absolute Gasteiger partial charge is 0.335 e. The van der Waals surface area contributed by atoms with Crippen molar-refractivity contribution in [1.82, 2.24) is 0 Å². The predicted octanol–water partition coefficient (Wildman–Crippen LogP) is 4.94. The van der Waals surface area contributed by atoms with Crippen molar-refractivity contribution in [2.75, 3.05) is 0 Å². The van der Waals surface area contributed by atoms with Gasteiger partial charge in [-0.2, -0.15) is 0 Å². The van der Waals surface area contributed by atoms with Crippen LogP contribution in [0.3, 0.4) is 0 Å². The lowest BCUT2D eigenvalue weighted by molar-refractivity contribution is -0.130. The summed E-state index contributed by atoms with van der Waals surface area (Å²) in [5.41, 5.74) is 3.00. The number of carbonyl (C=O) groups excluding carboxylic acids is 2. The van der Waals surface area contributed by atoms with Gasteiger partial charge in [0, 0.05) is 34.1 Å². The van der Waals surface area contributed by atoms with Crippen LogP contribution in [0.5, 0.6) is 11.5 Å². The highest BCUT2D eigenvalue weighted by Gasteiger charge is 2.48. The van der Waals surface area contributed by atoms with Gasteiger partial charge in [0.15, 0.2) is 0 Å². The summed E-state index contributed by atoms with van der Waals surface area (Å²) >= 11 is 0. The highest BCUT2D eigenvalue weighted by Crippen LogP contribution is 2.64. The maximum Gasteiger partial charge on any atom is 0.335 e. The zero-order chi connectivity index (χ0) is 19.3. The number of ether oxygens (including phenoxy) is 2. The van der Waals surface area contributed by atoms with E-state index in [0.717, 1.165) is 40.3 Å². The molecule has 4 heteroatoms. The number of hydrogen-bond donors (Lipinski definition) is 0. The van der Waals surface area contributed by atoms with Crippen LogP contribution in [0.1, 0.15) is 48.3 Å². The Balaban J connectivity index is 2.10. The summed E-state index contributed by atoms with van der Waals surface area (Å²) in [6.07, 6.45) is 4.45. The van der Waals surface area contributed by atoms with Gasteiger partial charge >= 0.3 is 11.9 Å². The Kier molecular flexibility index (Phi) is 4.14. The fraction of sp³-hybridized carbons (Fsp3) is 0.304. The van der Waals surface area contributed by atoms with E-state index < -0.39 is 11.9 Å². The molecular weight excluding hydrogens is 340 g/mol. The van der Waals surface area contributed by atoms with E-state index in [1.807, 2.05) is 25.1 Å². The molecule has 3 atom stereocenters. The molecular formula is C23H22O4. The topological polar surface area (TPSA) is 52.6 Å². The second-order valence-corrected chi connectivity index (χ2v) is 7.38. The third-order valence-corrected chi connectivity index (χ3v) is 6.06. The minimum atomic E-state index is -0.480. The molecule has 0 aliphatic heterocycles. The van der Waals surface area contributed by atoms with Gasteiger partial charge in [-0.15, -0.1) is 0 Å². The number of carbonyl (C=O) groups is 2. The van der Waals surface area contributed by atoms with Crippen molar-refractivity contribution in [3.63, 3.8) is 0 Å². The second kappa shape index (κ2) is 6.38. The van der Waals surface area contributed by atoms with Crippen molar-refractivity contribution >= 4 is 22.7 Å². The van der Waals surface area contributed by atoms with E-state index in [2.05, 4.69) is 20.1 Å². The SMILES string of the molecule is C=CC(=O)Oc1c2c(c(OC(=O)C=C)c3c(C)cccc13)C1CCC2C1C. The van der Waals surface area contributed by atoms with Gasteiger partial charge in [0.25, 0.3) is 0 Å². The van der Waals surface area contributed by atoms with Crippen molar-refractivity contribution in [2.45, 2.75) is 38.5 Å². The van der Waals surface area contributed by atoms with Gasteiger partial charge in [0.1, 0.15) is 11.5 Å². The average molecular weight is 362 g/mol. The van der Waals surface area contributed by atoms with Crippen molar-refractivity contribution in [1.29, 1.82) is 0 Å². The number of esters is 2. The summed E-state index contributed by atoms with van der Waals surface area (Å²) in [6, 6.07) is 5.80. The minimum absolute atomic E-state index is 0.294. The lowest BCUT2D eigenvalue weighted by Crippen LogP contribution is -2.13. The quantitative estimate of drug-likeness (QED) is 0.439. The molecule has 0 radical (unpaired) electrons. The summed E-state index contributed by atoms with van der Waals surface area (Å²) < 4.78 is 11.5. The Bertz CT molecular complexity index is 1000. The molecule has 1 saturated carbocycles. The largest absolute Gasteiger partial charge is 0.422 e. The van der Waals surface area contributed by atoms with Crippen molar-refractivity contribution < 1.29 is 19.1 Å². The first kappa shape index (κ1) is 17.5. The van der Waals surface area contributed by atoms with Crippen LogP contribution < -0.4 is 9.47 Å². The van der Waals surface area contributed by atoms with Gasteiger partial charge in [-0.25, -0.2) is 9.59 Å². The Morgan fingerprint density at radius 3 is 2.15 bits per heavy atom. The molecule has 0 amide bonds. The standard InChI is InChI=1S/C23H22O4/c1-5-17(24)26-22-16-9-7-8-12(3)19(16)23(27-18(25)6-2)21-15-11-10-14(13(15)4)20(21)22/h5-9,13-15H,1-2,10-11H2,3-4H3. The third-order valence-electron chi connectivity index (χ3n) is 6.06. The van der Waals surface area contributed by atoms with E-state index in [4.69, 9.17) is 9.47 Å². The summed E-state index contributed by atoms with van der Waals surface area (Å²) in [6.45, 7) is 11.2. The first-order valence-corrected chi connectivity index (χ1v) is 9.25. The lowest BCUT2D eigenvalue weighted by atomic mass is 9.86. The van der Waals surface area contributed by atoms with Gasteiger partial charge in [0.2, 0.25) is 0 Å². The lowest BCUT2D eigenvalue weighted by Gasteiger charge is -2.24. The third kappa shape index (κ3) is 2.51. The number of benzene rings is 2. The first-order valence-electron chi connectivity index (χ1n) is 9.25. The normalized spacial score (nSPS) is 22.4. The molecule has 0 aromatic heterocycles. The van der Waals surface area contributed by atoms with E-state index in [9.17, 15) is 9.59 Å². The second-order valence-electron chi connectivity index (χ2n) is 7.38. The molecule has 0 heterocycles. The number of rotatable bonds is 4. The van der Waals surface area contributed by atoms with Crippen LogP contribution in [0.4, 0.5) is 0 Å². The van der Waals surface area contributed by atoms with E-state index in [0.29, 0.717) is 29.3 Å². The van der Waals surface area contributed by atoms with E-state index in [1.54, 1.807) is 0 Å². The van der Waals surface area contributed by atoms with Crippen LogP contribution in [-0.2, 0) is 9.59 Å². The van der Waals surface area contributed by atoms with Gasteiger partial charge in [0.05, 0.1) is 0 Å². The molecule has 4 nitrogen and oxygen atoms in total. The zero-order valence-corrected chi connectivity index (χ0v) is 15.6. The van der Waals surface area contributed by atoms with Crippen molar-refractivity contribution in [2.24, 2.45) is 5.92 Å². The monoisotopic (exact) mass is 362 g/mol. The Morgan fingerprint density at radius 1 is 1.00 bits per heavy atom. The molecule has 3 unspecified atom stereocenters. The van der Waals surface area contributed by atoms with Crippen LogP contribution >= 0.6 is 0 Å². The van der Waals surface area contributed by atoms with E-state index >= 15 is 0 Å². The molecule has 2 aromatic rings. The molecule has 0 N–H and O–H groups in total. The predicted molar refractivity (Wildman–Crippen MR) is 104 cm³/mol. The number of fused-ring (bicyclic) bond motifs is 6. The minimum Gasteiger partial charge on any atom is -0.422 e. The molecule has 4 rings (SSSR count). The summed E-state index contributed by atoms with van der Waals surface area (Å²) in [5, 5.41) is 1.61. The average Bonchev–Trinajstić information content (AvgIpc) is 3.16. The molecule has 2 aromatic carbocycles. The van der Waals surface area contributed by atoms with Crippen molar-refractivity contribution in [3.8, 4) is 11.5 Å². The molecule has 27 heavy (non-hydrogen) atoms. The fourth-order valence-electron chi connectivity index (χ4n) is 4.90. The first-order chi connectivity index (χ1) is 13.0. The summed E-state index contributed by atoms with van der Waals surface area (Å²) in [5.74, 6) is 1.23. The van der Waals surface area contributed by atoms with Gasteiger partial charge in [-0.3, -0.25) is 0 Å². The van der Waals surface area contributed by atoms with Crippen LogP contribution in [-0.4, -0.2) is 11.9 Å². The van der Waals surface area contributed by atoms with Crippen LogP contribution in [0.15, 0.2) is 43.5 Å². The summed E-state index contributed by atoms with van der Waals surface area (Å²) in [4.78, 5) is 24.2. The molecule has 1 fully saturated rings. The molecule has 2 aliphatic rings. The van der Waals surface area contributed by atoms with Crippen LogP contribution in [0.25, 0.3) is 10.8 Å². The maximum atomic E-state index is 12.1. The van der Waals surface area contributed by atoms with E-state index in [1.165, 1.54) is 12.2 Å². The molecule has 0 spiro atoms. The number of aryl methyl sites for hydroxylation is 1. The Hall–Kier alpha value is -2.88. The van der Waals surface area contributed by atoms with Crippen molar-refractivity contribution in [3.05, 3.63) is 60.2 Å². The molecule has 0 saturated heterocycles. The van der Waals surface area contributed by atoms with E-state index in [-0.39, 0.29) is 0 Å². The van der Waals surface area contributed by atoms with Crippen LogP contribution in [0.2, 0.25) is 0 Å². The Labute approximate surface area is 158 Å². The zero-order valence-electron chi connectivity index (χ0n) is 15.6. The summed E-state index contributed by atoms with van der Waals surface area (Å²) in [7, 11) is 0. The van der Waals surface area contributed by atoms with Gasteiger partial charge in [-0.1, -0.05) is 38.3 Å². The Morgan fingerprint density at radius 2 is 1.56 bits per heavy atom. The molecule has 2 aliphatic carbocycles. The fourth-order valence-corrected chi connectivity index (χ4v) is 4.90. The maximum absolute atomic E-state index is 12.1. The highest BCUT2D eigenvalue weighted by atomic mass is 16.5. The molecule has 138 valence electrons. The number of hydrogen-bond acceptors (Lipinski definition) is 4. The van der Waals surface area contributed by atoms with Gasteiger partial charge in [-0.05, 0) is 43.1 Å².